The van der Waals surface area contributed by atoms with Gasteiger partial charge in [0.05, 0.1) is 12.8 Å². The number of hydrogen-bond donors (Lipinski definition) is 2. The molecule has 1 aliphatic rings. The first kappa shape index (κ1) is 18.9. The van der Waals surface area contributed by atoms with Crippen molar-refractivity contribution in [1.29, 1.82) is 0 Å². The van der Waals surface area contributed by atoms with Crippen LogP contribution < -0.4 is 15.1 Å². The van der Waals surface area contributed by atoms with Crippen LogP contribution in [0.1, 0.15) is 11.1 Å². The van der Waals surface area contributed by atoms with E-state index in [1.807, 2.05) is 30.3 Å². The topological polar surface area (TPSA) is 65.0 Å². The Labute approximate surface area is 159 Å². The van der Waals surface area contributed by atoms with Gasteiger partial charge in [-0.2, -0.15) is 0 Å². The number of nitrogens with one attached hydrogen (secondary N) is 1. The van der Waals surface area contributed by atoms with Crippen molar-refractivity contribution in [3.05, 3.63) is 65.7 Å². The summed E-state index contributed by atoms with van der Waals surface area (Å²) < 4.78 is 5.47. The maximum absolute atomic E-state index is 11.0. The zero-order valence-electron chi connectivity index (χ0n) is 15.5. The smallest absolute Gasteiger partial charge is 0.267 e. The van der Waals surface area contributed by atoms with Gasteiger partial charge in [0, 0.05) is 38.8 Å². The standard InChI is InChI=1S/C21H25N3O3/c1-27-20-5-3-2-4-19(20)24-14-12-23(13-15-24)16-18-8-6-17(7-9-18)10-11-21(25)22-26/h2-11,26H,12-16H2,1H3,(H,22,25). The molecule has 0 unspecified atom stereocenters. The Morgan fingerprint density at radius 3 is 2.48 bits per heavy atom. The van der Waals surface area contributed by atoms with E-state index < -0.39 is 5.91 Å². The second kappa shape index (κ2) is 9.21. The van der Waals surface area contributed by atoms with E-state index in [9.17, 15) is 4.79 Å². The van der Waals surface area contributed by atoms with E-state index in [1.54, 1.807) is 18.7 Å². The maximum Gasteiger partial charge on any atom is 0.267 e. The summed E-state index contributed by atoms with van der Waals surface area (Å²) in [5.74, 6) is 0.386. The number of benzene rings is 2. The zero-order valence-corrected chi connectivity index (χ0v) is 15.5. The summed E-state index contributed by atoms with van der Waals surface area (Å²) in [5, 5.41) is 8.49. The molecule has 0 atom stereocenters. The second-order valence-corrected chi connectivity index (χ2v) is 6.49. The van der Waals surface area contributed by atoms with Gasteiger partial charge < -0.3 is 9.64 Å². The van der Waals surface area contributed by atoms with Crippen LogP contribution in [-0.4, -0.2) is 49.3 Å². The van der Waals surface area contributed by atoms with Crippen molar-refractivity contribution >= 4 is 17.7 Å². The molecule has 0 aliphatic carbocycles. The summed E-state index contributed by atoms with van der Waals surface area (Å²) in [6.45, 7) is 4.84. The van der Waals surface area contributed by atoms with Crippen LogP contribution in [0.15, 0.2) is 54.6 Å². The minimum Gasteiger partial charge on any atom is -0.495 e. The normalized spacial score (nSPS) is 15.1. The first-order chi connectivity index (χ1) is 13.2. The van der Waals surface area contributed by atoms with Crippen LogP contribution in [0.2, 0.25) is 0 Å². The number of carbonyl (C=O) groups excluding carboxylic acids is 1. The molecule has 1 aliphatic heterocycles. The predicted octanol–water partition coefficient (Wildman–Crippen LogP) is 2.54. The van der Waals surface area contributed by atoms with Crippen molar-refractivity contribution in [3.8, 4) is 5.75 Å². The lowest BCUT2D eigenvalue weighted by Gasteiger charge is -2.36. The van der Waals surface area contributed by atoms with Crippen LogP contribution in [0.25, 0.3) is 6.08 Å². The number of para-hydroxylation sites is 2. The molecule has 0 radical (unpaired) electrons. The summed E-state index contributed by atoms with van der Waals surface area (Å²) in [6, 6.07) is 16.2. The molecule has 2 aromatic rings. The van der Waals surface area contributed by atoms with E-state index in [4.69, 9.17) is 9.94 Å². The van der Waals surface area contributed by atoms with Gasteiger partial charge in [-0.15, -0.1) is 0 Å². The molecule has 6 heteroatoms. The molecule has 3 rings (SSSR count). The van der Waals surface area contributed by atoms with Gasteiger partial charge in [0.15, 0.2) is 0 Å². The summed E-state index contributed by atoms with van der Waals surface area (Å²) >= 11 is 0. The van der Waals surface area contributed by atoms with Gasteiger partial charge >= 0.3 is 0 Å². The highest BCUT2D eigenvalue weighted by Gasteiger charge is 2.19. The zero-order chi connectivity index (χ0) is 19.1. The predicted molar refractivity (Wildman–Crippen MR) is 106 cm³/mol. The van der Waals surface area contributed by atoms with Crippen molar-refractivity contribution in [2.24, 2.45) is 0 Å². The van der Waals surface area contributed by atoms with Gasteiger partial charge in [-0.1, -0.05) is 36.4 Å². The molecule has 1 saturated heterocycles. The lowest BCUT2D eigenvalue weighted by Crippen LogP contribution is -2.46. The fourth-order valence-electron chi connectivity index (χ4n) is 3.24. The highest BCUT2D eigenvalue weighted by Crippen LogP contribution is 2.28. The third-order valence-electron chi connectivity index (χ3n) is 4.72. The van der Waals surface area contributed by atoms with Crippen molar-refractivity contribution in [2.45, 2.75) is 6.54 Å². The monoisotopic (exact) mass is 367 g/mol. The number of anilines is 1. The molecule has 2 aromatic carbocycles. The van der Waals surface area contributed by atoms with E-state index in [0.29, 0.717) is 0 Å². The molecular weight excluding hydrogens is 342 g/mol. The van der Waals surface area contributed by atoms with Crippen molar-refractivity contribution < 1.29 is 14.7 Å². The number of hydroxylamine groups is 1. The average Bonchev–Trinajstić information content (AvgIpc) is 2.73. The highest BCUT2D eigenvalue weighted by atomic mass is 16.5. The molecule has 0 spiro atoms. The molecule has 0 aromatic heterocycles. The highest BCUT2D eigenvalue weighted by molar-refractivity contribution is 5.90. The van der Waals surface area contributed by atoms with E-state index in [2.05, 4.69) is 28.0 Å². The number of nitrogens with zero attached hydrogens (tertiary/aromatic N) is 2. The summed E-state index contributed by atoms with van der Waals surface area (Å²) in [5.41, 5.74) is 4.89. The van der Waals surface area contributed by atoms with Crippen LogP contribution in [0, 0.1) is 0 Å². The average molecular weight is 367 g/mol. The molecule has 6 nitrogen and oxygen atoms in total. The van der Waals surface area contributed by atoms with Gasteiger partial charge in [0.1, 0.15) is 5.75 Å². The Morgan fingerprint density at radius 2 is 1.81 bits per heavy atom. The van der Waals surface area contributed by atoms with Gasteiger partial charge in [0.2, 0.25) is 0 Å². The summed E-state index contributed by atoms with van der Waals surface area (Å²) in [6.07, 6.45) is 2.97. The third-order valence-corrected chi connectivity index (χ3v) is 4.72. The number of ether oxygens (including phenoxy) is 1. The second-order valence-electron chi connectivity index (χ2n) is 6.49. The summed E-state index contributed by atoms with van der Waals surface area (Å²) in [4.78, 5) is 15.8. The third kappa shape index (κ3) is 5.09. The lowest BCUT2D eigenvalue weighted by molar-refractivity contribution is -0.124. The first-order valence-corrected chi connectivity index (χ1v) is 9.01. The number of carbonyl (C=O) groups is 1. The van der Waals surface area contributed by atoms with Crippen LogP contribution >= 0.6 is 0 Å². The van der Waals surface area contributed by atoms with Crippen molar-refractivity contribution in [1.82, 2.24) is 10.4 Å². The Hall–Kier alpha value is -2.83. The molecule has 1 heterocycles. The Kier molecular flexibility index (Phi) is 6.46. The number of methoxy groups -OCH3 is 1. The minimum atomic E-state index is -0.535. The molecule has 1 fully saturated rings. The van der Waals surface area contributed by atoms with Crippen LogP contribution in [0.4, 0.5) is 5.69 Å². The SMILES string of the molecule is COc1ccccc1N1CCN(Cc2ccc(C=CC(=O)NO)cc2)CC1. The van der Waals surface area contributed by atoms with Gasteiger partial charge in [0.25, 0.3) is 5.91 Å². The number of rotatable bonds is 6. The largest absolute Gasteiger partial charge is 0.495 e. The number of hydrogen-bond acceptors (Lipinski definition) is 5. The Bertz CT molecular complexity index is 782. The van der Waals surface area contributed by atoms with Crippen molar-refractivity contribution in [2.75, 3.05) is 38.2 Å². The van der Waals surface area contributed by atoms with Crippen LogP contribution in [0.3, 0.4) is 0 Å². The number of piperazine rings is 1. The van der Waals surface area contributed by atoms with E-state index >= 15 is 0 Å². The van der Waals surface area contributed by atoms with Crippen LogP contribution in [0.5, 0.6) is 5.75 Å². The minimum absolute atomic E-state index is 0.535. The number of amides is 1. The first-order valence-electron chi connectivity index (χ1n) is 9.01. The fraction of sp³-hybridized carbons (Fsp3) is 0.286. The Balaban J connectivity index is 1.53. The molecule has 2 N–H and O–H groups in total. The lowest BCUT2D eigenvalue weighted by atomic mass is 10.1. The van der Waals surface area contributed by atoms with E-state index in [1.165, 1.54) is 11.6 Å². The molecule has 0 saturated carbocycles. The maximum atomic E-state index is 11.0. The van der Waals surface area contributed by atoms with Gasteiger partial charge in [-0.05, 0) is 29.3 Å². The fourth-order valence-corrected chi connectivity index (χ4v) is 3.24. The molecule has 27 heavy (non-hydrogen) atoms. The molecule has 1 amide bonds. The quantitative estimate of drug-likeness (QED) is 0.467. The van der Waals surface area contributed by atoms with E-state index in [-0.39, 0.29) is 0 Å². The molecule has 0 bridgehead atoms. The Morgan fingerprint density at radius 1 is 1.11 bits per heavy atom. The van der Waals surface area contributed by atoms with Crippen molar-refractivity contribution in [3.63, 3.8) is 0 Å². The van der Waals surface area contributed by atoms with Crippen LogP contribution in [-0.2, 0) is 11.3 Å². The summed E-state index contributed by atoms with van der Waals surface area (Å²) in [7, 11) is 1.71. The van der Waals surface area contributed by atoms with Gasteiger partial charge in [-0.3, -0.25) is 14.9 Å². The van der Waals surface area contributed by atoms with Gasteiger partial charge in [-0.25, -0.2) is 5.48 Å². The molecular formula is C21H25N3O3. The molecule has 142 valence electrons. The van der Waals surface area contributed by atoms with E-state index in [0.717, 1.165) is 49.7 Å².